The number of aryl methyl sites for hydroxylation is 1. The third kappa shape index (κ3) is 3.21. The van der Waals surface area contributed by atoms with Crippen LogP contribution in [0, 0.1) is 6.92 Å². The normalized spacial score (nSPS) is 12.7. The van der Waals surface area contributed by atoms with Crippen LogP contribution in [0.1, 0.15) is 21.6 Å². The highest BCUT2D eigenvalue weighted by molar-refractivity contribution is 6.31. The van der Waals surface area contributed by atoms with E-state index in [2.05, 4.69) is 10.2 Å². The van der Waals surface area contributed by atoms with Gasteiger partial charge in [0.15, 0.2) is 17.3 Å². The first-order valence-corrected chi connectivity index (χ1v) is 8.42. The number of ether oxygens (including phenoxy) is 2. The summed E-state index contributed by atoms with van der Waals surface area (Å²) in [6.45, 7) is 2.11. The van der Waals surface area contributed by atoms with Crippen molar-refractivity contribution >= 4 is 23.5 Å². The van der Waals surface area contributed by atoms with E-state index in [0.717, 1.165) is 28.3 Å². The van der Waals surface area contributed by atoms with E-state index in [-0.39, 0.29) is 12.6 Å². The topological polar surface area (TPSA) is 64.2 Å². The van der Waals surface area contributed by atoms with Gasteiger partial charge in [-0.2, -0.15) is 5.10 Å². The fraction of sp³-hybridized carbons (Fsp3) is 0.100. The van der Waals surface area contributed by atoms with Crippen LogP contribution < -0.4 is 9.47 Å². The lowest BCUT2D eigenvalue weighted by Gasteiger charge is -2.00. The molecule has 2 heterocycles. The number of nitrogens with one attached hydrogen (secondary N) is 1. The van der Waals surface area contributed by atoms with Gasteiger partial charge in [-0.1, -0.05) is 11.6 Å². The molecule has 0 radical (unpaired) electrons. The Morgan fingerprint density at radius 2 is 2.00 bits per heavy atom. The van der Waals surface area contributed by atoms with E-state index in [0.29, 0.717) is 16.3 Å². The SMILES string of the molecule is Cc1cc(C(=O)/C=C/c2cc(-c3ccc4c(c3)OCO4)n[nH]2)ccc1Cl. The monoisotopic (exact) mass is 366 g/mol. The Hall–Kier alpha value is -3.05. The molecule has 0 aliphatic carbocycles. The smallest absolute Gasteiger partial charge is 0.231 e. The van der Waals surface area contributed by atoms with Crippen LogP contribution in [0.2, 0.25) is 5.02 Å². The second kappa shape index (κ2) is 6.69. The van der Waals surface area contributed by atoms with Crippen LogP contribution in [-0.4, -0.2) is 22.8 Å². The maximum Gasteiger partial charge on any atom is 0.231 e. The molecule has 0 atom stereocenters. The second-order valence-electron chi connectivity index (χ2n) is 5.94. The van der Waals surface area contributed by atoms with Gasteiger partial charge in [-0.15, -0.1) is 0 Å². The molecule has 1 aliphatic rings. The predicted octanol–water partition coefficient (Wildman–Crippen LogP) is 4.66. The summed E-state index contributed by atoms with van der Waals surface area (Å²) in [7, 11) is 0. The molecule has 0 spiro atoms. The van der Waals surface area contributed by atoms with Gasteiger partial charge in [0.25, 0.3) is 0 Å². The zero-order chi connectivity index (χ0) is 18.1. The molecule has 3 aromatic rings. The molecule has 1 aliphatic heterocycles. The second-order valence-corrected chi connectivity index (χ2v) is 6.35. The molecule has 0 unspecified atom stereocenters. The van der Waals surface area contributed by atoms with Gasteiger partial charge >= 0.3 is 0 Å². The van der Waals surface area contributed by atoms with Crippen molar-refractivity contribution in [3.63, 3.8) is 0 Å². The summed E-state index contributed by atoms with van der Waals surface area (Å²) < 4.78 is 10.7. The summed E-state index contributed by atoms with van der Waals surface area (Å²) >= 11 is 6.00. The van der Waals surface area contributed by atoms with E-state index >= 15 is 0 Å². The number of allylic oxidation sites excluding steroid dienone is 1. The highest BCUT2D eigenvalue weighted by atomic mass is 35.5. The molecule has 0 fully saturated rings. The average molecular weight is 367 g/mol. The predicted molar refractivity (Wildman–Crippen MR) is 99.7 cm³/mol. The van der Waals surface area contributed by atoms with Crippen molar-refractivity contribution in [3.05, 3.63) is 70.4 Å². The highest BCUT2D eigenvalue weighted by Crippen LogP contribution is 2.35. The molecule has 5 nitrogen and oxygen atoms in total. The Balaban J connectivity index is 1.52. The molecule has 0 saturated carbocycles. The van der Waals surface area contributed by atoms with Gasteiger partial charge in [-0.25, -0.2) is 0 Å². The number of benzene rings is 2. The summed E-state index contributed by atoms with van der Waals surface area (Å²) in [6, 6.07) is 12.7. The summed E-state index contributed by atoms with van der Waals surface area (Å²) in [6.07, 6.45) is 3.22. The Bertz CT molecular complexity index is 1020. The largest absolute Gasteiger partial charge is 0.454 e. The third-order valence-electron chi connectivity index (χ3n) is 4.12. The van der Waals surface area contributed by atoms with Crippen LogP contribution in [0.25, 0.3) is 17.3 Å². The van der Waals surface area contributed by atoms with Crippen molar-refractivity contribution in [2.24, 2.45) is 0 Å². The molecule has 6 heteroatoms. The number of rotatable bonds is 4. The molecular weight excluding hydrogens is 352 g/mol. The first kappa shape index (κ1) is 16.4. The van der Waals surface area contributed by atoms with Crippen molar-refractivity contribution in [1.82, 2.24) is 10.2 Å². The van der Waals surface area contributed by atoms with Crippen LogP contribution in [0.15, 0.2) is 48.5 Å². The minimum atomic E-state index is -0.0935. The van der Waals surface area contributed by atoms with Crippen LogP contribution >= 0.6 is 11.6 Å². The van der Waals surface area contributed by atoms with E-state index in [1.54, 1.807) is 24.3 Å². The van der Waals surface area contributed by atoms with Gasteiger partial charge in [0.2, 0.25) is 6.79 Å². The molecule has 26 heavy (non-hydrogen) atoms. The van der Waals surface area contributed by atoms with Gasteiger partial charge in [-0.3, -0.25) is 9.89 Å². The molecule has 2 aromatic carbocycles. The number of nitrogens with zero attached hydrogens (tertiary/aromatic N) is 1. The summed E-state index contributed by atoms with van der Waals surface area (Å²) in [5.74, 6) is 1.34. The van der Waals surface area contributed by atoms with E-state index in [1.165, 1.54) is 6.08 Å². The minimum Gasteiger partial charge on any atom is -0.454 e. The quantitative estimate of drug-likeness (QED) is 0.538. The number of hydrogen-bond donors (Lipinski definition) is 1. The molecule has 130 valence electrons. The van der Waals surface area contributed by atoms with Crippen molar-refractivity contribution in [2.45, 2.75) is 6.92 Å². The van der Waals surface area contributed by atoms with E-state index < -0.39 is 0 Å². The van der Waals surface area contributed by atoms with Gasteiger partial charge in [0.1, 0.15) is 0 Å². The number of aromatic amines is 1. The lowest BCUT2D eigenvalue weighted by molar-refractivity contribution is 0.104. The summed E-state index contributed by atoms with van der Waals surface area (Å²) in [5.41, 5.74) is 3.87. The third-order valence-corrected chi connectivity index (χ3v) is 4.55. The first-order chi connectivity index (χ1) is 12.6. The number of ketones is 1. The van der Waals surface area contributed by atoms with Crippen molar-refractivity contribution in [1.29, 1.82) is 0 Å². The van der Waals surface area contributed by atoms with Gasteiger partial charge in [0, 0.05) is 16.1 Å². The van der Waals surface area contributed by atoms with Crippen LogP contribution in [-0.2, 0) is 0 Å². The maximum absolute atomic E-state index is 12.3. The Morgan fingerprint density at radius 3 is 2.85 bits per heavy atom. The number of aromatic nitrogens is 2. The lowest BCUT2D eigenvalue weighted by atomic mass is 10.1. The van der Waals surface area contributed by atoms with Gasteiger partial charge < -0.3 is 9.47 Å². The molecule has 0 saturated heterocycles. The van der Waals surface area contributed by atoms with Crippen molar-refractivity contribution in [3.8, 4) is 22.8 Å². The van der Waals surface area contributed by atoms with E-state index in [9.17, 15) is 4.79 Å². The minimum absolute atomic E-state index is 0.0935. The van der Waals surface area contributed by atoms with Crippen LogP contribution in [0.5, 0.6) is 11.5 Å². The zero-order valence-corrected chi connectivity index (χ0v) is 14.7. The number of carbonyl (C=O) groups is 1. The molecule has 1 aromatic heterocycles. The number of fused-ring (bicyclic) bond motifs is 1. The molecule has 0 bridgehead atoms. The van der Waals surface area contributed by atoms with Gasteiger partial charge in [-0.05, 0) is 67.1 Å². The highest BCUT2D eigenvalue weighted by Gasteiger charge is 2.14. The number of H-pyrrole nitrogens is 1. The zero-order valence-electron chi connectivity index (χ0n) is 14.0. The fourth-order valence-corrected chi connectivity index (χ4v) is 2.80. The van der Waals surface area contributed by atoms with Crippen molar-refractivity contribution < 1.29 is 14.3 Å². The van der Waals surface area contributed by atoms with E-state index in [1.807, 2.05) is 31.2 Å². The first-order valence-electron chi connectivity index (χ1n) is 8.04. The van der Waals surface area contributed by atoms with Gasteiger partial charge in [0.05, 0.1) is 11.4 Å². The molecular formula is C20H15ClN2O3. The molecule has 1 N–H and O–H groups in total. The van der Waals surface area contributed by atoms with Crippen LogP contribution in [0.4, 0.5) is 0 Å². The number of hydrogen-bond acceptors (Lipinski definition) is 4. The number of carbonyl (C=O) groups excluding carboxylic acids is 1. The summed E-state index contributed by atoms with van der Waals surface area (Å²) in [4.78, 5) is 12.3. The Kier molecular flexibility index (Phi) is 4.22. The Labute approximate surface area is 155 Å². The summed E-state index contributed by atoms with van der Waals surface area (Å²) in [5, 5.41) is 7.85. The standard InChI is InChI=1S/C20H15ClN2O3/c1-12-8-14(2-5-16(12)21)18(24)6-4-15-10-17(23-22-15)13-3-7-19-20(9-13)26-11-25-19/h2-10H,11H2,1H3,(H,22,23)/b6-4+. The van der Waals surface area contributed by atoms with Crippen LogP contribution in [0.3, 0.4) is 0 Å². The lowest BCUT2D eigenvalue weighted by Crippen LogP contribution is -1.94. The van der Waals surface area contributed by atoms with E-state index in [4.69, 9.17) is 21.1 Å². The number of halogens is 1. The maximum atomic E-state index is 12.3. The molecule has 0 amide bonds. The van der Waals surface area contributed by atoms with Crippen molar-refractivity contribution in [2.75, 3.05) is 6.79 Å². The fourth-order valence-electron chi connectivity index (χ4n) is 2.69. The Morgan fingerprint density at radius 1 is 1.15 bits per heavy atom. The average Bonchev–Trinajstić information content (AvgIpc) is 3.30. The molecule has 4 rings (SSSR count).